The highest BCUT2D eigenvalue weighted by Crippen LogP contribution is 2.26. The van der Waals surface area contributed by atoms with Crippen LogP contribution < -0.4 is 10.1 Å². The van der Waals surface area contributed by atoms with Crippen LogP contribution in [0.5, 0.6) is 5.75 Å². The van der Waals surface area contributed by atoms with Crippen LogP contribution in [-0.2, 0) is 4.79 Å². The van der Waals surface area contributed by atoms with Gasteiger partial charge in [-0.05, 0) is 49.7 Å². The second-order valence-corrected chi connectivity index (χ2v) is 7.26. The van der Waals surface area contributed by atoms with E-state index >= 15 is 0 Å². The number of rotatable bonds is 8. The molecule has 0 saturated heterocycles. The molecule has 0 fully saturated rings. The van der Waals surface area contributed by atoms with Gasteiger partial charge in [-0.25, -0.2) is 0 Å². The standard InChI is InChI=1S/C20H20ClN3O3S/c1-3-26-15-10-8-14(9-11-15)19-23-24-20(27-19)28-12-18(25)22-13(2)16-6-4-5-7-17(16)21/h4-11,13H,3,12H2,1-2H3,(H,22,25)/t13-/m1/s1. The van der Waals surface area contributed by atoms with E-state index in [0.29, 0.717) is 22.7 Å². The molecule has 2 aromatic carbocycles. The summed E-state index contributed by atoms with van der Waals surface area (Å²) < 4.78 is 11.0. The molecule has 0 aliphatic heterocycles. The van der Waals surface area contributed by atoms with Gasteiger partial charge in [0.1, 0.15) is 5.75 Å². The fourth-order valence-electron chi connectivity index (χ4n) is 2.56. The van der Waals surface area contributed by atoms with Crippen LogP contribution in [-0.4, -0.2) is 28.5 Å². The normalized spacial score (nSPS) is 11.8. The van der Waals surface area contributed by atoms with Gasteiger partial charge in [-0.2, -0.15) is 0 Å². The van der Waals surface area contributed by atoms with Crippen LogP contribution in [0.4, 0.5) is 0 Å². The van der Waals surface area contributed by atoms with E-state index in [-0.39, 0.29) is 17.7 Å². The zero-order valence-electron chi connectivity index (χ0n) is 15.5. The van der Waals surface area contributed by atoms with Crippen molar-refractivity contribution in [3.05, 3.63) is 59.1 Å². The fraction of sp³-hybridized carbons (Fsp3) is 0.250. The fourth-order valence-corrected chi connectivity index (χ4v) is 3.43. The number of amides is 1. The zero-order valence-corrected chi connectivity index (χ0v) is 17.1. The number of nitrogens with one attached hydrogen (secondary N) is 1. The Morgan fingerprint density at radius 3 is 2.68 bits per heavy atom. The average Bonchev–Trinajstić information content (AvgIpc) is 3.16. The number of benzene rings is 2. The summed E-state index contributed by atoms with van der Waals surface area (Å²) in [7, 11) is 0. The summed E-state index contributed by atoms with van der Waals surface area (Å²) in [5.41, 5.74) is 1.66. The van der Waals surface area contributed by atoms with E-state index in [9.17, 15) is 4.79 Å². The second kappa shape index (κ2) is 9.61. The van der Waals surface area contributed by atoms with Crippen LogP contribution >= 0.6 is 23.4 Å². The van der Waals surface area contributed by atoms with Crippen molar-refractivity contribution in [2.45, 2.75) is 25.1 Å². The molecule has 1 aromatic heterocycles. The Balaban J connectivity index is 1.54. The van der Waals surface area contributed by atoms with Crippen molar-refractivity contribution in [1.29, 1.82) is 0 Å². The van der Waals surface area contributed by atoms with Gasteiger partial charge < -0.3 is 14.5 Å². The minimum atomic E-state index is -0.191. The number of halogens is 1. The van der Waals surface area contributed by atoms with E-state index < -0.39 is 0 Å². The van der Waals surface area contributed by atoms with Gasteiger partial charge in [0, 0.05) is 10.6 Å². The maximum Gasteiger partial charge on any atom is 0.277 e. The molecule has 0 spiro atoms. The average molecular weight is 418 g/mol. The lowest BCUT2D eigenvalue weighted by Gasteiger charge is -2.15. The number of thioether (sulfide) groups is 1. The van der Waals surface area contributed by atoms with Crippen LogP contribution in [0.15, 0.2) is 58.2 Å². The van der Waals surface area contributed by atoms with Crippen molar-refractivity contribution in [2.24, 2.45) is 0 Å². The van der Waals surface area contributed by atoms with Crippen molar-refractivity contribution in [1.82, 2.24) is 15.5 Å². The molecule has 0 radical (unpaired) electrons. The molecule has 1 heterocycles. The lowest BCUT2D eigenvalue weighted by molar-refractivity contribution is -0.119. The monoisotopic (exact) mass is 417 g/mol. The summed E-state index contributed by atoms with van der Waals surface area (Å²) in [6, 6.07) is 14.6. The van der Waals surface area contributed by atoms with Crippen molar-refractivity contribution >= 4 is 29.3 Å². The summed E-state index contributed by atoms with van der Waals surface area (Å²) in [6.45, 7) is 4.43. The van der Waals surface area contributed by atoms with E-state index in [4.69, 9.17) is 20.8 Å². The molecule has 3 rings (SSSR count). The van der Waals surface area contributed by atoms with Crippen molar-refractivity contribution in [3.63, 3.8) is 0 Å². The topological polar surface area (TPSA) is 77.2 Å². The molecule has 8 heteroatoms. The van der Waals surface area contributed by atoms with E-state index in [1.165, 1.54) is 11.8 Å². The quantitative estimate of drug-likeness (QED) is 0.532. The Hall–Kier alpha value is -2.51. The number of nitrogens with zero attached hydrogens (tertiary/aromatic N) is 2. The highest BCUT2D eigenvalue weighted by atomic mass is 35.5. The maximum atomic E-state index is 12.2. The van der Waals surface area contributed by atoms with Crippen LogP contribution in [0.1, 0.15) is 25.5 Å². The smallest absolute Gasteiger partial charge is 0.277 e. The molecule has 28 heavy (non-hydrogen) atoms. The maximum absolute atomic E-state index is 12.2. The van der Waals surface area contributed by atoms with Crippen LogP contribution in [0.25, 0.3) is 11.5 Å². The van der Waals surface area contributed by atoms with Crippen LogP contribution in [0.2, 0.25) is 5.02 Å². The van der Waals surface area contributed by atoms with Crippen molar-refractivity contribution < 1.29 is 13.9 Å². The molecule has 0 aliphatic rings. The van der Waals surface area contributed by atoms with Gasteiger partial charge in [0.25, 0.3) is 5.22 Å². The molecule has 6 nitrogen and oxygen atoms in total. The third-order valence-corrected chi connectivity index (χ3v) is 5.06. The molecule has 0 saturated carbocycles. The number of carbonyl (C=O) groups is 1. The summed E-state index contributed by atoms with van der Waals surface area (Å²) in [6.07, 6.45) is 0. The highest BCUT2D eigenvalue weighted by Gasteiger charge is 2.15. The first-order valence-electron chi connectivity index (χ1n) is 8.80. The van der Waals surface area contributed by atoms with Crippen LogP contribution in [0.3, 0.4) is 0 Å². The summed E-state index contributed by atoms with van der Waals surface area (Å²) in [4.78, 5) is 12.2. The Labute approximate surface area is 172 Å². The van der Waals surface area contributed by atoms with E-state index in [0.717, 1.165) is 16.9 Å². The van der Waals surface area contributed by atoms with Gasteiger partial charge in [-0.15, -0.1) is 10.2 Å². The number of carbonyl (C=O) groups excluding carboxylic acids is 1. The Kier molecular flexibility index (Phi) is 6.95. The summed E-state index contributed by atoms with van der Waals surface area (Å²) in [5, 5.41) is 11.9. The van der Waals surface area contributed by atoms with E-state index in [1.54, 1.807) is 6.07 Å². The Bertz CT molecular complexity index is 930. The third-order valence-electron chi connectivity index (χ3n) is 3.89. The summed E-state index contributed by atoms with van der Waals surface area (Å²) >= 11 is 7.35. The second-order valence-electron chi connectivity index (χ2n) is 5.93. The van der Waals surface area contributed by atoms with Crippen molar-refractivity contribution in [3.8, 4) is 17.2 Å². The highest BCUT2D eigenvalue weighted by molar-refractivity contribution is 7.99. The van der Waals surface area contributed by atoms with Gasteiger partial charge in [0.2, 0.25) is 11.8 Å². The van der Waals surface area contributed by atoms with E-state index in [2.05, 4.69) is 15.5 Å². The number of aromatic nitrogens is 2. The molecule has 0 unspecified atom stereocenters. The first-order chi connectivity index (χ1) is 13.6. The van der Waals surface area contributed by atoms with Crippen LogP contribution in [0, 0.1) is 0 Å². The number of hydrogen-bond donors (Lipinski definition) is 1. The Morgan fingerprint density at radius 1 is 1.21 bits per heavy atom. The van der Waals surface area contributed by atoms with Gasteiger partial charge in [-0.1, -0.05) is 41.6 Å². The largest absolute Gasteiger partial charge is 0.494 e. The Morgan fingerprint density at radius 2 is 1.96 bits per heavy atom. The lowest BCUT2D eigenvalue weighted by atomic mass is 10.1. The molecule has 0 bridgehead atoms. The minimum absolute atomic E-state index is 0.141. The molecule has 1 amide bonds. The first kappa shape index (κ1) is 20.2. The van der Waals surface area contributed by atoms with Gasteiger partial charge >= 0.3 is 0 Å². The molecule has 3 aromatic rings. The molecular weight excluding hydrogens is 398 g/mol. The predicted molar refractivity (Wildman–Crippen MR) is 110 cm³/mol. The molecule has 0 aliphatic carbocycles. The predicted octanol–water partition coefficient (Wildman–Crippen LogP) is 4.76. The van der Waals surface area contributed by atoms with Crippen molar-refractivity contribution in [2.75, 3.05) is 12.4 Å². The molecule has 1 atom stereocenters. The van der Waals surface area contributed by atoms with Gasteiger partial charge in [0.05, 0.1) is 18.4 Å². The minimum Gasteiger partial charge on any atom is -0.494 e. The molecule has 146 valence electrons. The number of ether oxygens (including phenoxy) is 1. The summed E-state index contributed by atoms with van der Waals surface area (Å²) in [5.74, 6) is 1.21. The zero-order chi connectivity index (χ0) is 19.9. The lowest BCUT2D eigenvalue weighted by Crippen LogP contribution is -2.28. The molecule has 1 N–H and O–H groups in total. The molecular formula is C20H20ClN3O3S. The number of hydrogen-bond acceptors (Lipinski definition) is 6. The first-order valence-corrected chi connectivity index (χ1v) is 10.2. The van der Waals surface area contributed by atoms with E-state index in [1.807, 2.05) is 56.3 Å². The third kappa shape index (κ3) is 5.27. The van der Waals surface area contributed by atoms with Gasteiger partial charge in [-0.3, -0.25) is 4.79 Å². The SMILES string of the molecule is CCOc1ccc(-c2nnc(SCC(=O)N[C@H](C)c3ccccc3Cl)o2)cc1. The van der Waals surface area contributed by atoms with Gasteiger partial charge in [0.15, 0.2) is 0 Å².